The van der Waals surface area contributed by atoms with Crippen LogP contribution in [0.4, 0.5) is 18.9 Å². The van der Waals surface area contributed by atoms with Crippen molar-refractivity contribution in [3.63, 3.8) is 0 Å². The van der Waals surface area contributed by atoms with Gasteiger partial charge < -0.3 is 0 Å². The van der Waals surface area contributed by atoms with E-state index in [1.54, 1.807) is 40.7 Å². The lowest BCUT2D eigenvalue weighted by Gasteiger charge is -2.17. The zero-order valence-corrected chi connectivity index (χ0v) is 16.6. The SMILES string of the molecule is CN(c1ccc2c(c1)c1cn(C)nc1n2-c1ccc(C(F)(F)F)cc1)S(C)(=O)=O. The smallest absolute Gasteiger partial charge is 0.292 e. The highest BCUT2D eigenvalue weighted by molar-refractivity contribution is 7.92. The van der Waals surface area contributed by atoms with Crippen LogP contribution in [0.1, 0.15) is 5.56 Å². The van der Waals surface area contributed by atoms with Gasteiger partial charge in [0.15, 0.2) is 5.65 Å². The average molecular weight is 422 g/mol. The Morgan fingerprint density at radius 1 is 1.03 bits per heavy atom. The van der Waals surface area contributed by atoms with E-state index in [0.29, 0.717) is 22.5 Å². The molecule has 6 nitrogen and oxygen atoms in total. The molecule has 4 aromatic rings. The first-order chi connectivity index (χ1) is 13.5. The van der Waals surface area contributed by atoms with Crippen molar-refractivity contribution in [3.8, 4) is 5.69 Å². The van der Waals surface area contributed by atoms with Gasteiger partial charge in [-0.05, 0) is 42.5 Å². The largest absolute Gasteiger partial charge is 0.416 e. The van der Waals surface area contributed by atoms with Crippen molar-refractivity contribution in [2.24, 2.45) is 7.05 Å². The lowest BCUT2D eigenvalue weighted by Crippen LogP contribution is -2.24. The number of benzene rings is 2. The van der Waals surface area contributed by atoms with E-state index in [1.165, 1.54) is 23.5 Å². The minimum Gasteiger partial charge on any atom is -0.292 e. The van der Waals surface area contributed by atoms with Gasteiger partial charge >= 0.3 is 6.18 Å². The molecule has 0 saturated carbocycles. The van der Waals surface area contributed by atoms with E-state index in [4.69, 9.17) is 0 Å². The van der Waals surface area contributed by atoms with Gasteiger partial charge in [-0.1, -0.05) is 0 Å². The number of fused-ring (bicyclic) bond motifs is 3. The summed E-state index contributed by atoms with van der Waals surface area (Å²) in [5.74, 6) is 0. The molecule has 29 heavy (non-hydrogen) atoms. The summed E-state index contributed by atoms with van der Waals surface area (Å²) < 4.78 is 67.0. The van der Waals surface area contributed by atoms with Crippen LogP contribution in [0.5, 0.6) is 0 Å². The number of hydrogen-bond acceptors (Lipinski definition) is 3. The molecule has 2 aromatic heterocycles. The monoisotopic (exact) mass is 422 g/mol. The molecule has 0 unspecified atom stereocenters. The lowest BCUT2D eigenvalue weighted by atomic mass is 10.2. The molecular weight excluding hydrogens is 405 g/mol. The number of halogens is 3. The first-order valence-electron chi connectivity index (χ1n) is 8.56. The Bertz CT molecular complexity index is 1340. The molecule has 0 fully saturated rings. The van der Waals surface area contributed by atoms with Crippen molar-refractivity contribution in [2.45, 2.75) is 6.18 Å². The predicted octanol–water partition coefficient (Wildman–Crippen LogP) is 3.93. The van der Waals surface area contributed by atoms with Crippen LogP contribution in [-0.2, 0) is 23.2 Å². The summed E-state index contributed by atoms with van der Waals surface area (Å²) in [4.78, 5) is 0. The van der Waals surface area contributed by atoms with Crippen molar-refractivity contribution in [2.75, 3.05) is 17.6 Å². The fourth-order valence-corrected chi connectivity index (χ4v) is 3.83. The van der Waals surface area contributed by atoms with Gasteiger partial charge in [0.05, 0.1) is 23.0 Å². The first kappa shape index (κ1) is 19.3. The number of alkyl halides is 3. The van der Waals surface area contributed by atoms with Gasteiger partial charge in [0, 0.05) is 36.8 Å². The first-order valence-corrected chi connectivity index (χ1v) is 10.4. The number of sulfonamides is 1. The van der Waals surface area contributed by atoms with Crippen LogP contribution < -0.4 is 4.31 Å². The van der Waals surface area contributed by atoms with Crippen LogP contribution in [0.25, 0.3) is 27.6 Å². The van der Waals surface area contributed by atoms with Gasteiger partial charge in [-0.2, -0.15) is 18.3 Å². The third kappa shape index (κ3) is 3.23. The van der Waals surface area contributed by atoms with Crippen molar-refractivity contribution >= 4 is 37.6 Å². The molecule has 0 aliphatic heterocycles. The molecule has 0 spiro atoms. The molecule has 0 N–H and O–H groups in total. The molecule has 0 bridgehead atoms. The van der Waals surface area contributed by atoms with Gasteiger partial charge in [0.2, 0.25) is 10.0 Å². The Balaban J connectivity index is 1.96. The third-order valence-corrected chi connectivity index (χ3v) is 6.05. The number of nitrogens with zero attached hydrogens (tertiary/aromatic N) is 4. The Labute approximate surface area is 164 Å². The van der Waals surface area contributed by atoms with Crippen LogP contribution in [-0.4, -0.2) is 36.1 Å². The molecule has 2 heterocycles. The van der Waals surface area contributed by atoms with Crippen LogP contribution in [0.15, 0.2) is 48.7 Å². The van der Waals surface area contributed by atoms with Crippen molar-refractivity contribution < 1.29 is 21.6 Å². The van der Waals surface area contributed by atoms with Crippen LogP contribution >= 0.6 is 0 Å². The van der Waals surface area contributed by atoms with E-state index in [0.717, 1.165) is 29.2 Å². The number of aromatic nitrogens is 3. The van der Waals surface area contributed by atoms with E-state index < -0.39 is 21.8 Å². The summed E-state index contributed by atoms with van der Waals surface area (Å²) in [6.45, 7) is 0. The van der Waals surface area contributed by atoms with Crippen LogP contribution in [0, 0.1) is 0 Å². The summed E-state index contributed by atoms with van der Waals surface area (Å²) in [6, 6.07) is 9.98. The Hall–Kier alpha value is -3.01. The maximum atomic E-state index is 12.9. The summed E-state index contributed by atoms with van der Waals surface area (Å²) in [5, 5.41) is 5.97. The van der Waals surface area contributed by atoms with Crippen molar-refractivity contribution in [1.82, 2.24) is 14.3 Å². The van der Waals surface area contributed by atoms with Crippen molar-refractivity contribution in [3.05, 3.63) is 54.2 Å². The Morgan fingerprint density at radius 2 is 1.69 bits per heavy atom. The molecule has 0 saturated heterocycles. The molecule has 0 aliphatic rings. The maximum absolute atomic E-state index is 12.9. The molecule has 2 aromatic carbocycles. The zero-order chi connectivity index (χ0) is 21.1. The lowest BCUT2D eigenvalue weighted by molar-refractivity contribution is -0.137. The second kappa shape index (κ2) is 6.24. The normalized spacial score (nSPS) is 12.8. The van der Waals surface area contributed by atoms with Gasteiger partial charge in [-0.3, -0.25) is 13.6 Å². The third-order valence-electron chi connectivity index (χ3n) is 4.85. The number of hydrogen-bond donors (Lipinski definition) is 0. The topological polar surface area (TPSA) is 60.1 Å². The molecule has 0 aliphatic carbocycles. The van der Waals surface area contributed by atoms with E-state index >= 15 is 0 Å². The molecule has 0 radical (unpaired) electrons. The van der Waals surface area contributed by atoms with E-state index in [1.807, 2.05) is 0 Å². The van der Waals surface area contributed by atoms with Gasteiger partial charge in [0.1, 0.15) is 0 Å². The van der Waals surface area contributed by atoms with Gasteiger partial charge in [-0.15, -0.1) is 0 Å². The molecule has 0 amide bonds. The standard InChI is InChI=1S/C19H17F3N4O2S/c1-24-11-16-15-10-14(25(2)29(3,27)28)8-9-17(15)26(18(16)23-24)13-6-4-12(5-7-13)19(20,21)22/h4-11H,1-3H3. The number of anilines is 1. The molecule has 4 rings (SSSR count). The second-order valence-corrected chi connectivity index (χ2v) is 8.87. The fourth-order valence-electron chi connectivity index (χ4n) is 3.33. The number of rotatable bonds is 3. The minimum atomic E-state index is -4.41. The summed E-state index contributed by atoms with van der Waals surface area (Å²) in [5.41, 5.74) is 1.57. The Morgan fingerprint density at radius 3 is 2.28 bits per heavy atom. The minimum absolute atomic E-state index is 0.482. The molecule has 10 heteroatoms. The van der Waals surface area contributed by atoms with Gasteiger partial charge in [0.25, 0.3) is 0 Å². The molecule has 152 valence electrons. The van der Waals surface area contributed by atoms with E-state index in [-0.39, 0.29) is 0 Å². The Kier molecular flexibility index (Phi) is 4.16. The summed E-state index contributed by atoms with van der Waals surface area (Å²) >= 11 is 0. The quantitative estimate of drug-likeness (QED) is 0.503. The summed E-state index contributed by atoms with van der Waals surface area (Å²) in [6.07, 6.45) is -1.50. The maximum Gasteiger partial charge on any atom is 0.416 e. The summed E-state index contributed by atoms with van der Waals surface area (Å²) in [7, 11) is -0.230. The average Bonchev–Trinajstić information content (AvgIpc) is 3.14. The molecule has 0 atom stereocenters. The predicted molar refractivity (Wildman–Crippen MR) is 106 cm³/mol. The zero-order valence-electron chi connectivity index (χ0n) is 15.8. The highest BCUT2D eigenvalue weighted by Gasteiger charge is 2.30. The highest BCUT2D eigenvalue weighted by atomic mass is 32.2. The second-order valence-electron chi connectivity index (χ2n) is 6.85. The highest BCUT2D eigenvalue weighted by Crippen LogP contribution is 2.35. The number of aryl methyl sites for hydroxylation is 1. The van der Waals surface area contributed by atoms with E-state index in [9.17, 15) is 21.6 Å². The molecular formula is C19H17F3N4O2S. The van der Waals surface area contributed by atoms with Gasteiger partial charge in [-0.25, -0.2) is 8.42 Å². The fraction of sp³-hybridized carbons (Fsp3) is 0.211. The van der Waals surface area contributed by atoms with Crippen LogP contribution in [0.2, 0.25) is 0 Å². The van der Waals surface area contributed by atoms with Crippen LogP contribution in [0.3, 0.4) is 0 Å². The van der Waals surface area contributed by atoms with E-state index in [2.05, 4.69) is 5.10 Å². The van der Waals surface area contributed by atoms with Crippen molar-refractivity contribution in [1.29, 1.82) is 0 Å².